The molecular weight excluding hydrogens is 464 g/mol. The molecule has 0 unspecified atom stereocenters. The summed E-state index contributed by atoms with van der Waals surface area (Å²) in [7, 11) is 1.54. The van der Waals surface area contributed by atoms with Gasteiger partial charge in [0.15, 0.2) is 6.61 Å². The summed E-state index contributed by atoms with van der Waals surface area (Å²) >= 11 is 7.33. The molecule has 4 aromatic rings. The van der Waals surface area contributed by atoms with Gasteiger partial charge in [0.1, 0.15) is 9.71 Å². The van der Waals surface area contributed by atoms with E-state index in [1.165, 1.54) is 18.4 Å². The fourth-order valence-corrected chi connectivity index (χ4v) is 4.44. The Balaban J connectivity index is 1.42. The molecule has 0 spiro atoms. The molecule has 2 heterocycles. The van der Waals surface area contributed by atoms with Crippen molar-refractivity contribution in [1.82, 2.24) is 15.1 Å². The molecule has 2 aromatic heterocycles. The molecule has 33 heavy (non-hydrogen) atoms. The van der Waals surface area contributed by atoms with Gasteiger partial charge in [0.2, 0.25) is 0 Å². The number of nitrogens with one attached hydrogen (secondary N) is 2. The summed E-state index contributed by atoms with van der Waals surface area (Å²) in [6.07, 6.45) is 0. The van der Waals surface area contributed by atoms with Crippen molar-refractivity contribution in [3.63, 3.8) is 0 Å². The van der Waals surface area contributed by atoms with Gasteiger partial charge in [0.05, 0.1) is 11.4 Å². The van der Waals surface area contributed by atoms with Crippen molar-refractivity contribution in [2.45, 2.75) is 6.92 Å². The van der Waals surface area contributed by atoms with Gasteiger partial charge in [-0.05, 0) is 55.5 Å². The van der Waals surface area contributed by atoms with Gasteiger partial charge in [0, 0.05) is 28.7 Å². The monoisotopic (exact) mass is 482 g/mol. The SMILES string of the molecule is CNC(=O)c1ccc(NC(=O)COC(=O)c2cc3c(C)nn(-c4cccc(Cl)c4)c3s2)cc1. The van der Waals surface area contributed by atoms with Gasteiger partial charge in [-0.3, -0.25) is 9.59 Å². The van der Waals surface area contributed by atoms with Gasteiger partial charge < -0.3 is 15.4 Å². The fraction of sp³-hybridized carbons (Fsp3) is 0.130. The number of anilines is 1. The van der Waals surface area contributed by atoms with E-state index in [-0.39, 0.29) is 5.91 Å². The highest BCUT2D eigenvalue weighted by molar-refractivity contribution is 7.20. The molecule has 2 aromatic carbocycles. The molecule has 0 radical (unpaired) electrons. The van der Waals surface area contributed by atoms with Crippen LogP contribution in [0.25, 0.3) is 15.9 Å². The number of aryl methyl sites for hydroxylation is 1. The molecular formula is C23H19ClN4O4S. The van der Waals surface area contributed by atoms with E-state index in [1.807, 2.05) is 19.1 Å². The first-order valence-electron chi connectivity index (χ1n) is 9.90. The molecule has 0 aliphatic heterocycles. The quantitative estimate of drug-likeness (QED) is 0.401. The highest BCUT2D eigenvalue weighted by Gasteiger charge is 2.19. The Labute approximate surface area is 198 Å². The Bertz CT molecular complexity index is 1360. The average Bonchev–Trinajstić information content (AvgIpc) is 3.38. The molecule has 0 bridgehead atoms. The number of hydrogen-bond donors (Lipinski definition) is 2. The third-order valence-electron chi connectivity index (χ3n) is 4.79. The number of hydrogen-bond acceptors (Lipinski definition) is 6. The first-order valence-corrected chi connectivity index (χ1v) is 11.1. The topological polar surface area (TPSA) is 102 Å². The largest absolute Gasteiger partial charge is 0.451 e. The maximum absolute atomic E-state index is 12.5. The van der Waals surface area contributed by atoms with Crippen LogP contribution in [0.3, 0.4) is 0 Å². The van der Waals surface area contributed by atoms with Crippen LogP contribution < -0.4 is 10.6 Å². The summed E-state index contributed by atoms with van der Waals surface area (Å²) in [4.78, 5) is 37.4. The molecule has 8 nitrogen and oxygen atoms in total. The van der Waals surface area contributed by atoms with Crippen LogP contribution in [0.1, 0.15) is 25.7 Å². The molecule has 2 amide bonds. The summed E-state index contributed by atoms with van der Waals surface area (Å²) < 4.78 is 6.92. The lowest BCUT2D eigenvalue weighted by molar-refractivity contribution is -0.119. The number of nitrogens with zero attached hydrogens (tertiary/aromatic N) is 2. The van der Waals surface area contributed by atoms with Gasteiger partial charge in [-0.1, -0.05) is 17.7 Å². The summed E-state index contributed by atoms with van der Waals surface area (Å²) in [5, 5.41) is 11.1. The third kappa shape index (κ3) is 4.89. The second-order valence-corrected chi connectivity index (χ2v) is 8.55. The van der Waals surface area contributed by atoms with E-state index in [9.17, 15) is 14.4 Å². The molecule has 0 aliphatic carbocycles. The predicted octanol–water partition coefficient (Wildman–Crippen LogP) is 4.20. The number of fused-ring (bicyclic) bond motifs is 1. The summed E-state index contributed by atoms with van der Waals surface area (Å²) in [5.41, 5.74) is 2.50. The fourth-order valence-electron chi connectivity index (χ4n) is 3.18. The predicted molar refractivity (Wildman–Crippen MR) is 127 cm³/mol. The first-order chi connectivity index (χ1) is 15.9. The maximum Gasteiger partial charge on any atom is 0.348 e. The molecule has 2 N–H and O–H groups in total. The van der Waals surface area contributed by atoms with E-state index >= 15 is 0 Å². The minimum absolute atomic E-state index is 0.223. The highest BCUT2D eigenvalue weighted by Crippen LogP contribution is 2.31. The van der Waals surface area contributed by atoms with Crippen LogP contribution in [0.2, 0.25) is 5.02 Å². The lowest BCUT2D eigenvalue weighted by Gasteiger charge is -2.07. The highest BCUT2D eigenvalue weighted by atomic mass is 35.5. The van der Waals surface area contributed by atoms with E-state index < -0.39 is 18.5 Å². The molecule has 4 rings (SSSR count). The lowest BCUT2D eigenvalue weighted by Crippen LogP contribution is -2.21. The number of carbonyl (C=O) groups excluding carboxylic acids is 3. The van der Waals surface area contributed by atoms with E-state index in [1.54, 1.807) is 47.1 Å². The molecule has 0 saturated carbocycles. The van der Waals surface area contributed by atoms with Crippen LogP contribution >= 0.6 is 22.9 Å². The number of carbonyl (C=O) groups is 3. The summed E-state index contributed by atoms with van der Waals surface area (Å²) in [6.45, 7) is 1.41. The maximum atomic E-state index is 12.5. The van der Waals surface area contributed by atoms with Gasteiger partial charge >= 0.3 is 5.97 Å². The van der Waals surface area contributed by atoms with Crippen LogP contribution in [0.5, 0.6) is 0 Å². The number of amides is 2. The summed E-state index contributed by atoms with van der Waals surface area (Å²) in [5.74, 6) is -1.31. The zero-order chi connectivity index (χ0) is 23.5. The van der Waals surface area contributed by atoms with Crippen LogP contribution in [0.4, 0.5) is 5.69 Å². The van der Waals surface area contributed by atoms with Crippen molar-refractivity contribution < 1.29 is 19.1 Å². The third-order valence-corrected chi connectivity index (χ3v) is 6.12. The molecule has 0 fully saturated rings. The van der Waals surface area contributed by atoms with Gasteiger partial charge in [-0.25, -0.2) is 9.48 Å². The zero-order valence-corrected chi connectivity index (χ0v) is 19.3. The number of halogens is 1. The Morgan fingerprint density at radius 1 is 1.12 bits per heavy atom. The number of rotatable bonds is 6. The van der Waals surface area contributed by atoms with Crippen molar-refractivity contribution in [3.05, 3.63) is 75.8 Å². The summed E-state index contributed by atoms with van der Waals surface area (Å²) in [6, 6.07) is 15.3. The molecule has 0 atom stereocenters. The Morgan fingerprint density at radius 3 is 2.58 bits per heavy atom. The van der Waals surface area contributed by atoms with Crippen molar-refractivity contribution in [1.29, 1.82) is 0 Å². The molecule has 10 heteroatoms. The second-order valence-electron chi connectivity index (χ2n) is 7.09. The number of benzene rings is 2. The standard InChI is InChI=1S/C23H19ClN4O4S/c1-13-18-11-19(33-22(18)28(27-13)17-5-3-4-15(24)10-17)23(31)32-12-20(29)26-16-8-6-14(7-9-16)21(30)25-2/h3-11H,12H2,1-2H3,(H,25,30)(H,26,29). The number of ether oxygens (including phenoxy) is 1. The van der Waals surface area contributed by atoms with Crippen LogP contribution in [0, 0.1) is 6.92 Å². The van der Waals surface area contributed by atoms with Crippen LogP contribution in [-0.4, -0.2) is 41.2 Å². The number of thiophene rings is 1. The van der Waals surface area contributed by atoms with Crippen LogP contribution in [-0.2, 0) is 9.53 Å². The van der Waals surface area contributed by atoms with Gasteiger partial charge in [-0.2, -0.15) is 5.10 Å². The van der Waals surface area contributed by atoms with Gasteiger partial charge in [-0.15, -0.1) is 11.3 Å². The zero-order valence-electron chi connectivity index (χ0n) is 17.7. The van der Waals surface area contributed by atoms with Crippen molar-refractivity contribution >= 4 is 56.6 Å². The average molecular weight is 483 g/mol. The molecule has 0 aliphatic rings. The molecule has 168 valence electrons. The van der Waals surface area contributed by atoms with Crippen molar-refractivity contribution in [2.75, 3.05) is 19.0 Å². The second kappa shape index (κ2) is 9.43. The van der Waals surface area contributed by atoms with Crippen LogP contribution in [0.15, 0.2) is 54.6 Å². The van der Waals surface area contributed by atoms with E-state index in [2.05, 4.69) is 15.7 Å². The van der Waals surface area contributed by atoms with Gasteiger partial charge in [0.25, 0.3) is 11.8 Å². The minimum atomic E-state index is -0.599. The van der Waals surface area contributed by atoms with Crippen molar-refractivity contribution in [2.24, 2.45) is 0 Å². The van der Waals surface area contributed by atoms with E-state index in [4.69, 9.17) is 16.3 Å². The number of aromatic nitrogens is 2. The van der Waals surface area contributed by atoms with Crippen molar-refractivity contribution in [3.8, 4) is 5.69 Å². The smallest absolute Gasteiger partial charge is 0.348 e. The molecule has 0 saturated heterocycles. The van der Waals surface area contributed by atoms with E-state index in [0.717, 1.165) is 21.6 Å². The normalized spacial score (nSPS) is 10.8. The Morgan fingerprint density at radius 2 is 1.88 bits per heavy atom. The Hall–Kier alpha value is -3.69. The van der Waals surface area contributed by atoms with E-state index in [0.29, 0.717) is 21.2 Å². The number of esters is 1. The Kier molecular flexibility index (Phi) is 6.43. The first kappa shape index (κ1) is 22.5. The lowest BCUT2D eigenvalue weighted by atomic mass is 10.2. The minimum Gasteiger partial charge on any atom is -0.451 e.